The van der Waals surface area contributed by atoms with Gasteiger partial charge in [-0.15, -0.1) is 10.2 Å². The van der Waals surface area contributed by atoms with Gasteiger partial charge in [0.25, 0.3) is 5.56 Å². The monoisotopic (exact) mass is 299 g/mol. The number of hydrogen-bond donors (Lipinski definition) is 2. The minimum Gasteiger partial charge on any atom is -0.324 e. The summed E-state index contributed by atoms with van der Waals surface area (Å²) >= 11 is 0. The molecule has 0 unspecified atom stereocenters. The summed E-state index contributed by atoms with van der Waals surface area (Å²) in [5.74, 6) is 1.21. The lowest BCUT2D eigenvalue weighted by Gasteiger charge is -2.30. The molecule has 3 rings (SSSR count). The minimum absolute atomic E-state index is 0.270. The van der Waals surface area contributed by atoms with Gasteiger partial charge in [0, 0.05) is 12.2 Å². The number of hydrogen-bond acceptors (Lipinski definition) is 5. The van der Waals surface area contributed by atoms with E-state index in [2.05, 4.69) is 44.5 Å². The maximum Gasteiger partial charge on any atom is 0.271 e. The molecule has 2 heterocycles. The fourth-order valence-corrected chi connectivity index (χ4v) is 2.68. The van der Waals surface area contributed by atoms with Crippen LogP contribution in [0, 0.1) is 5.92 Å². The molecule has 0 atom stereocenters. The van der Waals surface area contributed by atoms with Gasteiger partial charge in [0.15, 0.2) is 0 Å². The SMILES string of the molecule is CC1CCN(Cc2ccc(Nc3nncc(=O)[nH]3)cc2)CC1. The van der Waals surface area contributed by atoms with Gasteiger partial charge in [-0.05, 0) is 49.5 Å². The Morgan fingerprint density at radius 1 is 1.27 bits per heavy atom. The van der Waals surface area contributed by atoms with E-state index in [1.54, 1.807) is 0 Å². The molecule has 1 fully saturated rings. The third-order valence-corrected chi connectivity index (χ3v) is 4.07. The van der Waals surface area contributed by atoms with Gasteiger partial charge < -0.3 is 5.32 Å². The Bertz CT molecular complexity index is 659. The molecule has 1 aliphatic rings. The Kier molecular flexibility index (Phi) is 4.48. The van der Waals surface area contributed by atoms with Crippen molar-refractivity contribution in [2.45, 2.75) is 26.3 Å². The van der Waals surface area contributed by atoms with Crippen molar-refractivity contribution in [3.63, 3.8) is 0 Å². The quantitative estimate of drug-likeness (QED) is 0.905. The van der Waals surface area contributed by atoms with Crippen LogP contribution in [0.3, 0.4) is 0 Å². The van der Waals surface area contributed by atoms with Gasteiger partial charge in [0.2, 0.25) is 5.95 Å². The predicted molar refractivity (Wildman–Crippen MR) is 86.1 cm³/mol. The van der Waals surface area contributed by atoms with Crippen molar-refractivity contribution in [2.24, 2.45) is 5.92 Å². The van der Waals surface area contributed by atoms with E-state index in [-0.39, 0.29) is 5.56 Å². The predicted octanol–water partition coefficient (Wildman–Crippen LogP) is 2.14. The summed E-state index contributed by atoms with van der Waals surface area (Å²) in [7, 11) is 0. The topological polar surface area (TPSA) is 73.9 Å². The molecule has 0 aliphatic carbocycles. The van der Waals surface area contributed by atoms with Crippen molar-refractivity contribution in [3.05, 3.63) is 46.4 Å². The van der Waals surface area contributed by atoms with Crippen LogP contribution in [-0.4, -0.2) is 33.2 Å². The van der Waals surface area contributed by atoms with Crippen molar-refractivity contribution >= 4 is 11.6 Å². The first kappa shape index (κ1) is 14.7. The van der Waals surface area contributed by atoms with E-state index in [1.807, 2.05) is 12.1 Å². The normalized spacial score (nSPS) is 16.6. The molecule has 6 nitrogen and oxygen atoms in total. The number of nitrogens with one attached hydrogen (secondary N) is 2. The molecule has 0 radical (unpaired) electrons. The zero-order valence-corrected chi connectivity index (χ0v) is 12.7. The van der Waals surface area contributed by atoms with E-state index in [9.17, 15) is 4.79 Å². The van der Waals surface area contributed by atoms with E-state index in [4.69, 9.17) is 0 Å². The highest BCUT2D eigenvalue weighted by Gasteiger charge is 2.15. The van der Waals surface area contributed by atoms with Crippen molar-refractivity contribution < 1.29 is 0 Å². The van der Waals surface area contributed by atoms with E-state index < -0.39 is 0 Å². The van der Waals surface area contributed by atoms with E-state index in [0.29, 0.717) is 5.95 Å². The Morgan fingerprint density at radius 2 is 2.00 bits per heavy atom. The van der Waals surface area contributed by atoms with Crippen LogP contribution in [0.2, 0.25) is 0 Å². The Labute approximate surface area is 129 Å². The number of aromatic nitrogens is 3. The van der Waals surface area contributed by atoms with Gasteiger partial charge in [-0.2, -0.15) is 0 Å². The number of piperidine rings is 1. The molecule has 0 spiro atoms. The van der Waals surface area contributed by atoms with Crippen molar-refractivity contribution in [1.82, 2.24) is 20.1 Å². The summed E-state index contributed by atoms with van der Waals surface area (Å²) in [6.45, 7) is 5.69. The van der Waals surface area contributed by atoms with Crippen LogP contribution >= 0.6 is 0 Å². The summed E-state index contributed by atoms with van der Waals surface area (Å²) in [6, 6.07) is 8.20. The first-order chi connectivity index (χ1) is 10.7. The van der Waals surface area contributed by atoms with Crippen LogP contribution in [0.4, 0.5) is 11.6 Å². The van der Waals surface area contributed by atoms with Crippen LogP contribution in [0.15, 0.2) is 35.3 Å². The number of H-pyrrole nitrogens is 1. The second-order valence-corrected chi connectivity index (χ2v) is 5.96. The average Bonchev–Trinajstić information content (AvgIpc) is 2.52. The third kappa shape index (κ3) is 3.92. The number of rotatable bonds is 4. The van der Waals surface area contributed by atoms with Gasteiger partial charge in [-0.1, -0.05) is 19.1 Å². The summed E-state index contributed by atoms with van der Waals surface area (Å²) in [5.41, 5.74) is 1.91. The number of anilines is 2. The highest BCUT2D eigenvalue weighted by molar-refractivity contribution is 5.52. The molecule has 2 aromatic rings. The molecule has 22 heavy (non-hydrogen) atoms. The fraction of sp³-hybridized carbons (Fsp3) is 0.438. The first-order valence-electron chi connectivity index (χ1n) is 7.69. The molecule has 1 aliphatic heterocycles. The molecule has 0 bridgehead atoms. The maximum atomic E-state index is 11.2. The molecule has 0 amide bonds. The first-order valence-corrected chi connectivity index (χ1v) is 7.69. The highest BCUT2D eigenvalue weighted by atomic mass is 16.1. The molecular formula is C16H21N5O. The number of nitrogens with zero attached hydrogens (tertiary/aromatic N) is 3. The molecular weight excluding hydrogens is 278 g/mol. The molecule has 6 heteroatoms. The van der Waals surface area contributed by atoms with Gasteiger partial charge in [-0.3, -0.25) is 14.7 Å². The van der Waals surface area contributed by atoms with Crippen molar-refractivity contribution in [1.29, 1.82) is 0 Å². The van der Waals surface area contributed by atoms with Gasteiger partial charge in [-0.25, -0.2) is 0 Å². The number of likely N-dealkylation sites (tertiary alicyclic amines) is 1. The number of benzene rings is 1. The smallest absolute Gasteiger partial charge is 0.271 e. The molecule has 0 saturated carbocycles. The lowest BCUT2D eigenvalue weighted by atomic mass is 9.99. The zero-order chi connectivity index (χ0) is 15.4. The van der Waals surface area contributed by atoms with Gasteiger partial charge in [0.05, 0.1) is 0 Å². The van der Waals surface area contributed by atoms with E-state index in [1.165, 1.54) is 31.5 Å². The third-order valence-electron chi connectivity index (χ3n) is 4.07. The molecule has 1 saturated heterocycles. The van der Waals surface area contributed by atoms with Crippen LogP contribution in [0.25, 0.3) is 0 Å². The number of aromatic amines is 1. The highest BCUT2D eigenvalue weighted by Crippen LogP contribution is 2.19. The molecule has 116 valence electrons. The largest absolute Gasteiger partial charge is 0.324 e. The molecule has 1 aromatic carbocycles. The summed E-state index contributed by atoms with van der Waals surface area (Å²) < 4.78 is 0. The van der Waals surface area contributed by atoms with Gasteiger partial charge in [0.1, 0.15) is 6.20 Å². The lowest BCUT2D eigenvalue weighted by molar-refractivity contribution is 0.185. The average molecular weight is 299 g/mol. The van der Waals surface area contributed by atoms with Crippen molar-refractivity contribution in [3.8, 4) is 0 Å². The van der Waals surface area contributed by atoms with Crippen LogP contribution in [0.5, 0.6) is 0 Å². The Morgan fingerprint density at radius 3 is 2.68 bits per heavy atom. The second kappa shape index (κ2) is 6.70. The van der Waals surface area contributed by atoms with E-state index in [0.717, 1.165) is 24.3 Å². The summed E-state index contributed by atoms with van der Waals surface area (Å²) in [6.07, 6.45) is 3.73. The molecule has 2 N–H and O–H groups in total. The Hall–Kier alpha value is -2.21. The van der Waals surface area contributed by atoms with Crippen molar-refractivity contribution in [2.75, 3.05) is 18.4 Å². The van der Waals surface area contributed by atoms with Crippen LogP contribution in [-0.2, 0) is 6.54 Å². The van der Waals surface area contributed by atoms with E-state index >= 15 is 0 Å². The molecule has 1 aromatic heterocycles. The minimum atomic E-state index is -0.270. The summed E-state index contributed by atoms with van der Waals surface area (Å²) in [4.78, 5) is 16.3. The summed E-state index contributed by atoms with van der Waals surface area (Å²) in [5, 5.41) is 10.5. The maximum absolute atomic E-state index is 11.2. The fourth-order valence-electron chi connectivity index (χ4n) is 2.68. The Balaban J connectivity index is 1.59. The van der Waals surface area contributed by atoms with Crippen LogP contribution < -0.4 is 10.9 Å². The van der Waals surface area contributed by atoms with Gasteiger partial charge >= 0.3 is 0 Å². The van der Waals surface area contributed by atoms with Crippen LogP contribution in [0.1, 0.15) is 25.3 Å². The lowest BCUT2D eigenvalue weighted by Crippen LogP contribution is -2.32. The zero-order valence-electron chi connectivity index (χ0n) is 12.7. The second-order valence-electron chi connectivity index (χ2n) is 5.96. The standard InChI is InChI=1S/C16H21N5O/c1-12-6-8-21(9-7-12)11-13-2-4-14(5-3-13)18-16-19-15(22)10-17-20-16/h2-5,10,12H,6-9,11H2,1H3,(H2,18,19,20,22).